The van der Waals surface area contributed by atoms with Crippen molar-refractivity contribution in [1.29, 1.82) is 0 Å². The maximum absolute atomic E-state index is 5.51. The molecule has 0 radical (unpaired) electrons. The van der Waals surface area contributed by atoms with Crippen LogP contribution < -0.4 is 5.32 Å². The van der Waals surface area contributed by atoms with Crippen LogP contribution in [0.1, 0.15) is 19.3 Å². The van der Waals surface area contributed by atoms with Crippen molar-refractivity contribution in [1.82, 2.24) is 5.32 Å². The van der Waals surface area contributed by atoms with Gasteiger partial charge in [0.1, 0.15) is 0 Å². The molecule has 0 unspecified atom stereocenters. The molecule has 1 rings (SSSR count). The van der Waals surface area contributed by atoms with E-state index in [1.54, 1.807) is 0 Å². The second kappa shape index (κ2) is 6.40. The quantitative estimate of drug-likeness (QED) is 0.624. The molecule has 0 amide bonds. The molecular weight excluding hydrogens is 154 g/mol. The maximum Gasteiger partial charge on any atom is 0.0808 e. The molecule has 1 aliphatic heterocycles. The molecule has 1 heterocycles. The summed E-state index contributed by atoms with van der Waals surface area (Å²) in [5, 5.41) is 3.04. The molecule has 0 saturated carbocycles. The lowest BCUT2D eigenvalue weighted by Gasteiger charge is -2.22. The fraction of sp³-hybridized carbons (Fsp3) is 1.00. The van der Waals surface area contributed by atoms with Crippen molar-refractivity contribution in [2.75, 3.05) is 33.4 Å². The van der Waals surface area contributed by atoms with Gasteiger partial charge in [-0.05, 0) is 26.3 Å². The number of nitrogens with one attached hydrogen (secondary N) is 1. The normalized spacial score (nSPS) is 24.2. The minimum atomic E-state index is 0.357. The molecule has 0 aromatic heterocycles. The Kier molecular flexibility index (Phi) is 5.32. The van der Waals surface area contributed by atoms with E-state index >= 15 is 0 Å². The number of hydrogen-bond acceptors (Lipinski definition) is 3. The lowest BCUT2D eigenvalue weighted by Crippen LogP contribution is -2.26. The van der Waals surface area contributed by atoms with E-state index in [-0.39, 0.29) is 0 Å². The first kappa shape index (κ1) is 9.96. The molecule has 0 bridgehead atoms. The summed E-state index contributed by atoms with van der Waals surface area (Å²) < 4.78 is 10.9. The van der Waals surface area contributed by atoms with Crippen molar-refractivity contribution in [2.45, 2.75) is 25.4 Å². The predicted octanol–water partition coefficient (Wildman–Crippen LogP) is 0.791. The summed E-state index contributed by atoms with van der Waals surface area (Å²) in [4.78, 5) is 0. The molecule has 3 heteroatoms. The second-order valence-electron chi connectivity index (χ2n) is 3.17. The number of hydrogen-bond donors (Lipinski definition) is 1. The van der Waals surface area contributed by atoms with Crippen LogP contribution in [-0.4, -0.2) is 39.5 Å². The molecule has 1 saturated heterocycles. The van der Waals surface area contributed by atoms with Gasteiger partial charge in [0.05, 0.1) is 19.3 Å². The highest BCUT2D eigenvalue weighted by atomic mass is 16.5. The maximum atomic E-state index is 5.51. The Bertz CT molecular complexity index is 103. The van der Waals surface area contributed by atoms with Gasteiger partial charge in [-0.25, -0.2) is 0 Å². The average Bonchev–Trinajstić information content (AvgIpc) is 2.14. The molecule has 0 aromatic rings. The van der Waals surface area contributed by atoms with Crippen LogP contribution in [0.5, 0.6) is 0 Å². The fourth-order valence-corrected chi connectivity index (χ4v) is 1.33. The van der Waals surface area contributed by atoms with Crippen molar-refractivity contribution < 1.29 is 9.47 Å². The summed E-state index contributed by atoms with van der Waals surface area (Å²) >= 11 is 0. The summed E-state index contributed by atoms with van der Waals surface area (Å²) in [5.74, 6) is 0. The minimum absolute atomic E-state index is 0.357. The minimum Gasteiger partial charge on any atom is -0.377 e. The van der Waals surface area contributed by atoms with Crippen LogP contribution in [0.25, 0.3) is 0 Å². The third-order valence-electron chi connectivity index (χ3n) is 2.07. The van der Waals surface area contributed by atoms with E-state index in [0.29, 0.717) is 6.10 Å². The summed E-state index contributed by atoms with van der Waals surface area (Å²) in [6.45, 7) is 3.39. The Hall–Kier alpha value is -0.120. The summed E-state index contributed by atoms with van der Waals surface area (Å²) in [7, 11) is 1.93. The second-order valence-corrected chi connectivity index (χ2v) is 3.17. The molecule has 1 atom stereocenters. The van der Waals surface area contributed by atoms with Crippen LogP contribution in [-0.2, 0) is 9.47 Å². The van der Waals surface area contributed by atoms with Gasteiger partial charge in [-0.15, -0.1) is 0 Å². The van der Waals surface area contributed by atoms with Gasteiger partial charge in [-0.3, -0.25) is 0 Å². The molecule has 0 aliphatic carbocycles. The van der Waals surface area contributed by atoms with E-state index in [0.717, 1.165) is 26.4 Å². The molecule has 0 aromatic carbocycles. The standard InChI is InChI=1S/C9H19NO2/c1-10-5-7-11-8-9-4-2-3-6-12-9/h9-10H,2-8H2,1H3/t9-/m0/s1. The lowest BCUT2D eigenvalue weighted by atomic mass is 10.1. The molecule has 1 fully saturated rings. The Labute approximate surface area is 74.4 Å². The topological polar surface area (TPSA) is 30.5 Å². The zero-order valence-electron chi connectivity index (χ0n) is 7.84. The van der Waals surface area contributed by atoms with E-state index in [2.05, 4.69) is 5.32 Å². The zero-order chi connectivity index (χ0) is 8.65. The highest BCUT2D eigenvalue weighted by Gasteiger charge is 2.12. The van der Waals surface area contributed by atoms with E-state index in [1.165, 1.54) is 19.3 Å². The van der Waals surface area contributed by atoms with Crippen LogP contribution in [0.2, 0.25) is 0 Å². The van der Waals surface area contributed by atoms with Gasteiger partial charge in [0.25, 0.3) is 0 Å². The molecule has 1 N–H and O–H groups in total. The van der Waals surface area contributed by atoms with Crippen molar-refractivity contribution >= 4 is 0 Å². The number of rotatable bonds is 5. The van der Waals surface area contributed by atoms with Crippen molar-refractivity contribution in [3.63, 3.8) is 0 Å². The van der Waals surface area contributed by atoms with Gasteiger partial charge in [0.2, 0.25) is 0 Å². The van der Waals surface area contributed by atoms with Crippen LogP contribution in [0.3, 0.4) is 0 Å². The van der Waals surface area contributed by atoms with E-state index in [4.69, 9.17) is 9.47 Å². The first-order chi connectivity index (χ1) is 5.93. The zero-order valence-corrected chi connectivity index (χ0v) is 7.84. The van der Waals surface area contributed by atoms with E-state index < -0.39 is 0 Å². The lowest BCUT2D eigenvalue weighted by molar-refractivity contribution is -0.0397. The van der Waals surface area contributed by atoms with Crippen LogP contribution >= 0.6 is 0 Å². The molecule has 12 heavy (non-hydrogen) atoms. The largest absolute Gasteiger partial charge is 0.377 e. The predicted molar refractivity (Wildman–Crippen MR) is 48.3 cm³/mol. The van der Waals surface area contributed by atoms with Gasteiger partial charge in [-0.2, -0.15) is 0 Å². The summed E-state index contributed by atoms with van der Waals surface area (Å²) in [5.41, 5.74) is 0. The third kappa shape index (κ3) is 4.04. The van der Waals surface area contributed by atoms with Crippen molar-refractivity contribution in [3.8, 4) is 0 Å². The number of likely N-dealkylation sites (N-methyl/N-ethyl adjacent to an activating group) is 1. The first-order valence-corrected chi connectivity index (χ1v) is 4.77. The molecular formula is C9H19NO2. The van der Waals surface area contributed by atoms with Crippen molar-refractivity contribution in [2.24, 2.45) is 0 Å². The Balaban J connectivity index is 1.91. The number of ether oxygens (including phenoxy) is 2. The average molecular weight is 173 g/mol. The van der Waals surface area contributed by atoms with E-state index in [9.17, 15) is 0 Å². The molecule has 72 valence electrons. The van der Waals surface area contributed by atoms with Gasteiger partial charge in [-0.1, -0.05) is 0 Å². The molecule has 0 spiro atoms. The Morgan fingerprint density at radius 2 is 2.42 bits per heavy atom. The monoisotopic (exact) mass is 173 g/mol. The molecule has 3 nitrogen and oxygen atoms in total. The SMILES string of the molecule is CNCCOC[C@@H]1CCCCO1. The Morgan fingerprint density at radius 1 is 1.50 bits per heavy atom. The highest BCUT2D eigenvalue weighted by Crippen LogP contribution is 2.12. The van der Waals surface area contributed by atoms with Gasteiger partial charge in [0.15, 0.2) is 0 Å². The summed E-state index contributed by atoms with van der Waals surface area (Å²) in [6.07, 6.45) is 4.03. The van der Waals surface area contributed by atoms with Gasteiger partial charge in [0, 0.05) is 13.2 Å². The third-order valence-corrected chi connectivity index (χ3v) is 2.07. The molecule has 1 aliphatic rings. The first-order valence-electron chi connectivity index (χ1n) is 4.77. The fourth-order valence-electron chi connectivity index (χ4n) is 1.33. The van der Waals surface area contributed by atoms with Crippen LogP contribution in [0.15, 0.2) is 0 Å². The van der Waals surface area contributed by atoms with Gasteiger partial charge < -0.3 is 14.8 Å². The Morgan fingerprint density at radius 3 is 3.08 bits per heavy atom. The smallest absolute Gasteiger partial charge is 0.0808 e. The van der Waals surface area contributed by atoms with Crippen molar-refractivity contribution in [3.05, 3.63) is 0 Å². The summed E-state index contributed by atoms with van der Waals surface area (Å²) in [6, 6.07) is 0. The van der Waals surface area contributed by atoms with Gasteiger partial charge >= 0.3 is 0 Å². The van der Waals surface area contributed by atoms with Crippen LogP contribution in [0.4, 0.5) is 0 Å². The van der Waals surface area contributed by atoms with E-state index in [1.807, 2.05) is 7.05 Å². The van der Waals surface area contributed by atoms with Crippen LogP contribution in [0, 0.1) is 0 Å². The highest BCUT2D eigenvalue weighted by molar-refractivity contribution is 4.62.